The summed E-state index contributed by atoms with van der Waals surface area (Å²) in [5, 5.41) is 11.8. The summed E-state index contributed by atoms with van der Waals surface area (Å²) < 4.78 is 6.14. The number of nitrogens with zero attached hydrogens (tertiary/aromatic N) is 3. The summed E-state index contributed by atoms with van der Waals surface area (Å²) in [7, 11) is 0. The largest absolute Gasteiger partial charge is 0.460 e. The van der Waals surface area contributed by atoms with E-state index in [-0.39, 0.29) is 11.6 Å². The fraction of sp³-hybridized carbons (Fsp3) is 0.148. The molecule has 6 rings (SSSR count). The van der Waals surface area contributed by atoms with E-state index in [0.29, 0.717) is 47.3 Å². The Morgan fingerprint density at radius 3 is 2.57 bits per heavy atom. The van der Waals surface area contributed by atoms with Gasteiger partial charge in [-0.1, -0.05) is 54.1 Å². The molecule has 0 aliphatic carbocycles. The molecule has 3 heterocycles. The number of non-ortho nitro benzene ring substituents is 1. The maximum absolute atomic E-state index is 13.4. The van der Waals surface area contributed by atoms with Gasteiger partial charge in [-0.25, -0.2) is 0 Å². The molecule has 35 heavy (non-hydrogen) atoms. The van der Waals surface area contributed by atoms with Crippen molar-refractivity contribution in [2.45, 2.75) is 12.2 Å². The molecule has 3 aromatic carbocycles. The van der Waals surface area contributed by atoms with Crippen LogP contribution in [-0.2, 0) is 12.2 Å². The minimum atomic E-state index is -0.767. The highest BCUT2D eigenvalue weighted by Gasteiger charge is 2.57. The zero-order valence-corrected chi connectivity index (χ0v) is 19.3. The molecule has 1 atom stereocenters. The summed E-state index contributed by atoms with van der Waals surface area (Å²) in [6, 6.07) is 25.5. The number of carbonyl (C=O) groups is 1. The first kappa shape index (κ1) is 21.6. The molecule has 0 radical (unpaired) electrons. The van der Waals surface area contributed by atoms with Crippen LogP contribution in [0.15, 0.2) is 89.3 Å². The van der Waals surface area contributed by atoms with Crippen LogP contribution < -0.4 is 0 Å². The van der Waals surface area contributed by atoms with Crippen molar-refractivity contribution in [3.8, 4) is 11.3 Å². The number of amides is 1. The summed E-state index contributed by atoms with van der Waals surface area (Å²) in [6.45, 7) is 1.69. The van der Waals surface area contributed by atoms with Gasteiger partial charge in [0.1, 0.15) is 17.2 Å². The average Bonchev–Trinajstić information content (AvgIpc) is 3.55. The van der Waals surface area contributed by atoms with Crippen LogP contribution in [0.1, 0.15) is 27.2 Å². The molecule has 1 unspecified atom stereocenters. The van der Waals surface area contributed by atoms with Crippen LogP contribution in [0.25, 0.3) is 11.3 Å². The molecule has 8 heteroatoms. The van der Waals surface area contributed by atoms with Crippen LogP contribution in [0.3, 0.4) is 0 Å². The number of halogens is 1. The second-order valence-electron chi connectivity index (χ2n) is 8.68. The molecule has 7 nitrogen and oxygen atoms in total. The number of benzene rings is 3. The maximum Gasteiger partial charge on any atom is 0.270 e. The molecule has 2 aliphatic rings. The number of fused-ring (bicyclic) bond motifs is 3. The monoisotopic (exact) mass is 485 g/mol. The van der Waals surface area contributed by atoms with Gasteiger partial charge in [-0.3, -0.25) is 19.8 Å². The predicted molar refractivity (Wildman–Crippen MR) is 131 cm³/mol. The van der Waals surface area contributed by atoms with Crippen LogP contribution in [0.4, 0.5) is 5.69 Å². The maximum atomic E-state index is 13.4. The van der Waals surface area contributed by atoms with Crippen LogP contribution in [0, 0.1) is 10.1 Å². The Labute approximate surface area is 206 Å². The number of nitro benzene ring substituents is 1. The first-order chi connectivity index (χ1) is 17.0. The van der Waals surface area contributed by atoms with Gasteiger partial charge in [0.05, 0.1) is 11.5 Å². The highest BCUT2D eigenvalue weighted by molar-refractivity contribution is 6.30. The van der Waals surface area contributed by atoms with Crippen LogP contribution >= 0.6 is 11.6 Å². The lowest BCUT2D eigenvalue weighted by molar-refractivity contribution is -0.384. The van der Waals surface area contributed by atoms with Gasteiger partial charge in [0.15, 0.2) is 0 Å². The summed E-state index contributed by atoms with van der Waals surface area (Å²) in [5.41, 5.74) is 2.49. The van der Waals surface area contributed by atoms with Crippen LogP contribution in [0.5, 0.6) is 0 Å². The van der Waals surface area contributed by atoms with Crippen molar-refractivity contribution in [3.05, 3.63) is 123 Å². The van der Waals surface area contributed by atoms with E-state index < -0.39 is 10.6 Å². The molecular weight excluding hydrogens is 466 g/mol. The number of furan rings is 1. The molecule has 1 aromatic heterocycles. The van der Waals surface area contributed by atoms with Crippen molar-refractivity contribution in [1.82, 2.24) is 9.80 Å². The van der Waals surface area contributed by atoms with E-state index in [9.17, 15) is 14.9 Å². The predicted octanol–water partition coefficient (Wildman–Crippen LogP) is 5.68. The number of hydrogen-bond donors (Lipinski definition) is 0. The lowest BCUT2D eigenvalue weighted by Gasteiger charge is -2.40. The Kier molecular flexibility index (Phi) is 4.98. The Hall–Kier alpha value is -3.94. The van der Waals surface area contributed by atoms with Crippen molar-refractivity contribution in [1.29, 1.82) is 0 Å². The van der Waals surface area contributed by atoms with E-state index in [2.05, 4.69) is 4.90 Å². The third-order valence-corrected chi connectivity index (χ3v) is 7.07. The van der Waals surface area contributed by atoms with Gasteiger partial charge in [0.2, 0.25) is 0 Å². The average molecular weight is 486 g/mol. The first-order valence-electron chi connectivity index (χ1n) is 11.2. The van der Waals surface area contributed by atoms with Gasteiger partial charge in [0, 0.05) is 46.9 Å². The fourth-order valence-corrected chi connectivity index (χ4v) is 5.47. The van der Waals surface area contributed by atoms with Gasteiger partial charge in [0.25, 0.3) is 11.6 Å². The van der Waals surface area contributed by atoms with Gasteiger partial charge in [-0.15, -0.1) is 0 Å². The minimum absolute atomic E-state index is 0.00905. The highest BCUT2D eigenvalue weighted by atomic mass is 35.5. The summed E-state index contributed by atoms with van der Waals surface area (Å²) >= 11 is 6.19. The zero-order valence-electron chi connectivity index (χ0n) is 18.6. The SMILES string of the molecule is O=C1c2ccccc2C2(c3ccc(Cl)cc3)N(Cc3ccc(-c4cccc([N+](=O)[O-])c4)o3)CCN12. The van der Waals surface area contributed by atoms with E-state index in [0.717, 1.165) is 11.1 Å². The highest BCUT2D eigenvalue weighted by Crippen LogP contribution is 2.50. The standard InChI is InChI=1S/C27H20ClN3O4/c28-20-10-8-19(9-11-20)27-24-7-2-1-6-23(24)26(32)30(27)15-14-29(27)17-22-12-13-25(35-22)18-4-3-5-21(16-18)31(33)34/h1-13,16H,14-15,17H2. The normalized spacial score (nSPS) is 19.1. The molecule has 1 amide bonds. The Bertz CT molecular complexity index is 1470. The Morgan fingerprint density at radius 2 is 1.77 bits per heavy atom. The van der Waals surface area contributed by atoms with Crippen molar-refractivity contribution in [3.63, 3.8) is 0 Å². The summed E-state index contributed by atoms with van der Waals surface area (Å²) in [5.74, 6) is 1.27. The topological polar surface area (TPSA) is 79.8 Å². The summed E-state index contributed by atoms with van der Waals surface area (Å²) in [4.78, 5) is 28.3. The third kappa shape index (κ3) is 3.27. The Balaban J connectivity index is 1.41. The first-order valence-corrected chi connectivity index (χ1v) is 11.6. The summed E-state index contributed by atoms with van der Waals surface area (Å²) in [6.07, 6.45) is 0. The molecule has 0 bridgehead atoms. The smallest absolute Gasteiger partial charge is 0.270 e. The molecular formula is C27H20ClN3O4. The fourth-order valence-electron chi connectivity index (χ4n) is 5.35. The van der Waals surface area contributed by atoms with Gasteiger partial charge >= 0.3 is 0 Å². The molecule has 174 valence electrons. The van der Waals surface area contributed by atoms with Crippen molar-refractivity contribution < 1.29 is 14.1 Å². The lowest BCUT2D eigenvalue weighted by atomic mass is 9.90. The van der Waals surface area contributed by atoms with E-state index >= 15 is 0 Å². The molecule has 0 N–H and O–H groups in total. The van der Waals surface area contributed by atoms with Gasteiger partial charge in [-0.2, -0.15) is 0 Å². The minimum Gasteiger partial charge on any atom is -0.460 e. The quantitative estimate of drug-likeness (QED) is 0.268. The second-order valence-corrected chi connectivity index (χ2v) is 9.11. The number of hydrogen-bond acceptors (Lipinski definition) is 5. The van der Waals surface area contributed by atoms with Gasteiger partial charge < -0.3 is 9.32 Å². The molecule has 4 aromatic rings. The molecule has 1 fully saturated rings. The van der Waals surface area contributed by atoms with Crippen molar-refractivity contribution in [2.75, 3.05) is 13.1 Å². The van der Waals surface area contributed by atoms with Crippen LogP contribution in [-0.4, -0.2) is 33.7 Å². The van der Waals surface area contributed by atoms with E-state index in [1.54, 1.807) is 12.1 Å². The molecule has 2 aliphatic heterocycles. The van der Waals surface area contributed by atoms with Crippen molar-refractivity contribution in [2.24, 2.45) is 0 Å². The Morgan fingerprint density at radius 1 is 0.971 bits per heavy atom. The van der Waals surface area contributed by atoms with E-state index in [1.165, 1.54) is 12.1 Å². The van der Waals surface area contributed by atoms with E-state index in [1.807, 2.05) is 65.6 Å². The molecule has 0 spiro atoms. The van der Waals surface area contributed by atoms with E-state index in [4.69, 9.17) is 16.0 Å². The number of carbonyl (C=O) groups excluding carboxylic acids is 1. The number of rotatable bonds is 5. The zero-order chi connectivity index (χ0) is 24.2. The van der Waals surface area contributed by atoms with Crippen molar-refractivity contribution >= 4 is 23.2 Å². The second kappa shape index (κ2) is 8.08. The molecule has 0 saturated carbocycles. The van der Waals surface area contributed by atoms with Gasteiger partial charge in [-0.05, 0) is 35.9 Å². The lowest BCUT2D eigenvalue weighted by Crippen LogP contribution is -2.48. The molecule has 1 saturated heterocycles. The van der Waals surface area contributed by atoms with Crippen LogP contribution in [0.2, 0.25) is 5.02 Å². The third-order valence-electron chi connectivity index (χ3n) is 6.82. The number of nitro groups is 1.